The Morgan fingerprint density at radius 3 is 2.59 bits per heavy atom. The number of carbonyl (C=O) groups is 1. The maximum absolute atomic E-state index is 13.1. The van der Waals surface area contributed by atoms with Gasteiger partial charge in [0, 0.05) is 0 Å². The van der Waals surface area contributed by atoms with Gasteiger partial charge in [0.25, 0.3) is 0 Å². The Bertz CT molecular complexity index is 563. The molecule has 1 aromatic carbocycles. The largest absolute Gasteiger partial charge is 0.465 e. The summed E-state index contributed by atoms with van der Waals surface area (Å²) in [5.74, 6) is 0.332. The number of aryl methyl sites for hydroxylation is 1. The maximum atomic E-state index is 13.1. The highest BCUT2D eigenvalue weighted by Crippen LogP contribution is 2.46. The van der Waals surface area contributed by atoms with Crippen LogP contribution in [-0.2, 0) is 20.9 Å². The normalized spacial score (nSPS) is 22.3. The summed E-state index contributed by atoms with van der Waals surface area (Å²) in [6.07, 6.45) is 8.45. The highest BCUT2D eigenvalue weighted by Gasteiger charge is 2.50. The first-order valence-electron chi connectivity index (χ1n) is 10.8. The van der Waals surface area contributed by atoms with Crippen molar-refractivity contribution in [2.75, 3.05) is 6.61 Å². The van der Waals surface area contributed by atoms with Crippen molar-refractivity contribution >= 4 is 5.97 Å². The van der Waals surface area contributed by atoms with Crippen molar-refractivity contribution in [2.45, 2.75) is 91.8 Å². The molecule has 3 heteroatoms. The molecule has 152 valence electrons. The Labute approximate surface area is 165 Å². The fraction of sp³-hybridized carbons (Fsp3) is 0.708. The molecule has 0 amide bonds. The van der Waals surface area contributed by atoms with Gasteiger partial charge in [0.15, 0.2) is 0 Å². The summed E-state index contributed by atoms with van der Waals surface area (Å²) < 4.78 is 12.1. The first kappa shape index (κ1) is 21.9. The van der Waals surface area contributed by atoms with Crippen molar-refractivity contribution < 1.29 is 14.3 Å². The van der Waals surface area contributed by atoms with Gasteiger partial charge in [0.1, 0.15) is 0 Å². The minimum atomic E-state index is -0.451. The van der Waals surface area contributed by atoms with E-state index in [0.29, 0.717) is 19.1 Å². The Hall–Kier alpha value is -1.35. The Kier molecular flexibility index (Phi) is 8.82. The fourth-order valence-corrected chi connectivity index (χ4v) is 4.04. The van der Waals surface area contributed by atoms with Gasteiger partial charge in [-0.1, -0.05) is 76.3 Å². The Morgan fingerprint density at radius 2 is 1.93 bits per heavy atom. The molecule has 0 spiro atoms. The van der Waals surface area contributed by atoms with E-state index in [1.807, 2.05) is 0 Å². The van der Waals surface area contributed by atoms with Crippen molar-refractivity contribution in [3.8, 4) is 0 Å². The molecule has 1 aliphatic carbocycles. The highest BCUT2D eigenvalue weighted by atomic mass is 16.5. The predicted molar refractivity (Wildman–Crippen MR) is 111 cm³/mol. The molecule has 1 aromatic rings. The molecule has 0 bridgehead atoms. The Balaban J connectivity index is 2.05. The number of benzene rings is 1. The van der Waals surface area contributed by atoms with E-state index < -0.39 is 5.41 Å². The van der Waals surface area contributed by atoms with Gasteiger partial charge < -0.3 is 9.47 Å². The zero-order valence-corrected chi connectivity index (χ0v) is 17.8. The van der Waals surface area contributed by atoms with Crippen LogP contribution in [0.1, 0.15) is 83.3 Å². The van der Waals surface area contributed by atoms with E-state index in [-0.39, 0.29) is 12.1 Å². The third-order valence-electron chi connectivity index (χ3n) is 5.71. The van der Waals surface area contributed by atoms with Gasteiger partial charge in [-0.2, -0.15) is 0 Å². The number of rotatable bonds is 11. The van der Waals surface area contributed by atoms with Crippen LogP contribution >= 0.6 is 0 Å². The molecule has 1 fully saturated rings. The lowest BCUT2D eigenvalue weighted by Crippen LogP contribution is -2.41. The standard InChI is InChI=1S/C24H38O3/c1-5-6-7-8-15-24(23(25)27-17-19(2)3)16-9-10-22(24)26-18-21-13-11-20(4)12-14-21/h11-14,19,22H,5-10,15-18H2,1-4H3. The maximum Gasteiger partial charge on any atom is 0.314 e. The first-order chi connectivity index (χ1) is 13.0. The van der Waals surface area contributed by atoms with Crippen molar-refractivity contribution in [3.63, 3.8) is 0 Å². The van der Waals surface area contributed by atoms with Gasteiger partial charge in [0.2, 0.25) is 0 Å². The molecule has 3 nitrogen and oxygen atoms in total. The summed E-state index contributed by atoms with van der Waals surface area (Å²) in [4.78, 5) is 13.1. The SMILES string of the molecule is CCCCCCC1(C(=O)OCC(C)C)CCCC1OCc1ccc(C)cc1. The van der Waals surface area contributed by atoms with Gasteiger partial charge in [-0.05, 0) is 44.1 Å². The Morgan fingerprint density at radius 1 is 1.19 bits per heavy atom. The summed E-state index contributed by atoms with van der Waals surface area (Å²) >= 11 is 0. The van der Waals surface area contributed by atoms with Crippen LogP contribution in [-0.4, -0.2) is 18.7 Å². The summed E-state index contributed by atoms with van der Waals surface area (Å²) in [5.41, 5.74) is 1.97. The molecule has 0 aromatic heterocycles. The molecule has 2 atom stereocenters. The number of unbranched alkanes of at least 4 members (excludes halogenated alkanes) is 3. The predicted octanol–water partition coefficient (Wildman–Crippen LogP) is 6.22. The molecule has 2 rings (SSSR count). The molecular formula is C24H38O3. The fourth-order valence-electron chi connectivity index (χ4n) is 4.04. The quantitative estimate of drug-likeness (QED) is 0.341. The van der Waals surface area contributed by atoms with Gasteiger partial charge in [-0.15, -0.1) is 0 Å². The van der Waals surface area contributed by atoms with E-state index in [1.54, 1.807) is 0 Å². The van der Waals surface area contributed by atoms with E-state index in [4.69, 9.17) is 9.47 Å². The molecule has 1 saturated carbocycles. The average molecular weight is 375 g/mol. The second kappa shape index (κ2) is 10.8. The average Bonchev–Trinajstić information content (AvgIpc) is 3.07. The molecule has 0 heterocycles. The zero-order chi connectivity index (χ0) is 19.7. The van der Waals surface area contributed by atoms with Crippen LogP contribution in [0.4, 0.5) is 0 Å². The van der Waals surface area contributed by atoms with E-state index in [2.05, 4.69) is 52.0 Å². The summed E-state index contributed by atoms with van der Waals surface area (Å²) in [5, 5.41) is 0. The van der Waals surface area contributed by atoms with Crippen molar-refractivity contribution in [2.24, 2.45) is 11.3 Å². The van der Waals surface area contributed by atoms with E-state index in [0.717, 1.165) is 32.1 Å². The van der Waals surface area contributed by atoms with Crippen molar-refractivity contribution in [1.29, 1.82) is 0 Å². The first-order valence-corrected chi connectivity index (χ1v) is 10.8. The second-order valence-electron chi connectivity index (χ2n) is 8.64. The monoisotopic (exact) mass is 374 g/mol. The summed E-state index contributed by atoms with van der Waals surface area (Å²) in [6, 6.07) is 8.46. The minimum absolute atomic E-state index is 0.0277. The van der Waals surface area contributed by atoms with Crippen LogP contribution in [0.2, 0.25) is 0 Å². The number of carbonyl (C=O) groups excluding carboxylic acids is 1. The second-order valence-corrected chi connectivity index (χ2v) is 8.64. The number of hydrogen-bond acceptors (Lipinski definition) is 3. The lowest BCUT2D eigenvalue weighted by Gasteiger charge is -2.33. The van der Waals surface area contributed by atoms with Crippen molar-refractivity contribution in [1.82, 2.24) is 0 Å². The molecular weight excluding hydrogens is 336 g/mol. The summed E-state index contributed by atoms with van der Waals surface area (Å²) in [7, 11) is 0. The number of ether oxygens (including phenoxy) is 2. The smallest absolute Gasteiger partial charge is 0.314 e. The van der Waals surface area contributed by atoms with Crippen LogP contribution in [0.15, 0.2) is 24.3 Å². The van der Waals surface area contributed by atoms with Gasteiger partial charge in [0.05, 0.1) is 24.7 Å². The van der Waals surface area contributed by atoms with Gasteiger partial charge >= 0.3 is 5.97 Å². The molecule has 1 aliphatic rings. The van der Waals surface area contributed by atoms with Crippen LogP contribution < -0.4 is 0 Å². The third-order valence-corrected chi connectivity index (χ3v) is 5.71. The molecule has 0 N–H and O–H groups in total. The lowest BCUT2D eigenvalue weighted by molar-refractivity contribution is -0.167. The number of esters is 1. The van der Waals surface area contributed by atoms with Gasteiger partial charge in [-0.25, -0.2) is 0 Å². The molecule has 27 heavy (non-hydrogen) atoms. The molecule has 0 saturated heterocycles. The van der Waals surface area contributed by atoms with Crippen LogP contribution in [0, 0.1) is 18.3 Å². The zero-order valence-electron chi connectivity index (χ0n) is 17.8. The van der Waals surface area contributed by atoms with Crippen LogP contribution in [0.5, 0.6) is 0 Å². The van der Waals surface area contributed by atoms with E-state index in [9.17, 15) is 4.79 Å². The van der Waals surface area contributed by atoms with Crippen LogP contribution in [0.3, 0.4) is 0 Å². The molecule has 0 aliphatic heterocycles. The van der Waals surface area contributed by atoms with E-state index in [1.165, 1.54) is 30.4 Å². The topological polar surface area (TPSA) is 35.5 Å². The minimum Gasteiger partial charge on any atom is -0.465 e. The summed E-state index contributed by atoms with van der Waals surface area (Å²) in [6.45, 7) is 9.55. The van der Waals surface area contributed by atoms with E-state index >= 15 is 0 Å². The van der Waals surface area contributed by atoms with Crippen LogP contribution in [0.25, 0.3) is 0 Å². The third kappa shape index (κ3) is 6.34. The molecule has 2 unspecified atom stereocenters. The molecule has 0 radical (unpaired) electrons. The van der Waals surface area contributed by atoms with Gasteiger partial charge in [-0.3, -0.25) is 4.79 Å². The lowest BCUT2D eigenvalue weighted by atomic mass is 9.78. The highest BCUT2D eigenvalue weighted by molar-refractivity contribution is 5.78. The van der Waals surface area contributed by atoms with Crippen molar-refractivity contribution in [3.05, 3.63) is 35.4 Å². The number of hydrogen-bond donors (Lipinski definition) is 0.